The van der Waals surface area contributed by atoms with Crippen LogP contribution < -0.4 is 10.1 Å². The van der Waals surface area contributed by atoms with Crippen LogP contribution in [0.4, 0.5) is 5.13 Å². The number of nitrogens with zero attached hydrogens (tertiary/aromatic N) is 5. The molecule has 152 valence electrons. The number of benzene rings is 1. The normalized spacial score (nSPS) is 10.8. The highest BCUT2D eigenvalue weighted by atomic mass is 35.5. The van der Waals surface area contributed by atoms with E-state index < -0.39 is 0 Å². The van der Waals surface area contributed by atoms with Crippen molar-refractivity contribution in [2.45, 2.75) is 13.5 Å². The van der Waals surface area contributed by atoms with Crippen LogP contribution in [0.3, 0.4) is 0 Å². The largest absolute Gasteiger partial charge is 0.464 e. The quantitative estimate of drug-likeness (QED) is 0.484. The number of carbonyl (C=O) groups excluding carboxylic acids is 1. The number of anilines is 1. The molecule has 4 aromatic rings. The zero-order chi connectivity index (χ0) is 21.1. The highest BCUT2D eigenvalue weighted by molar-refractivity contribution is 7.17. The van der Waals surface area contributed by atoms with Crippen molar-refractivity contribution in [1.29, 1.82) is 0 Å². The molecule has 0 aliphatic rings. The number of amides is 1. The minimum Gasteiger partial charge on any atom is -0.464 e. The van der Waals surface area contributed by atoms with Crippen LogP contribution in [0.2, 0.25) is 5.02 Å². The Bertz CT molecular complexity index is 1190. The SMILES string of the molecule is Cc1nn(C)cc1-c1cnccc1C(=O)Nc1nnc(OCc2ccc(Cl)cc2)s1. The average Bonchev–Trinajstić information content (AvgIpc) is 3.32. The summed E-state index contributed by atoms with van der Waals surface area (Å²) in [7, 11) is 1.83. The maximum absolute atomic E-state index is 12.9. The molecule has 0 saturated heterocycles. The molecular formula is C20H17ClN6O2S. The first kappa shape index (κ1) is 20.0. The molecule has 3 aromatic heterocycles. The van der Waals surface area contributed by atoms with Crippen LogP contribution in [0.25, 0.3) is 11.1 Å². The molecule has 4 rings (SSSR count). The predicted molar refractivity (Wildman–Crippen MR) is 115 cm³/mol. The Morgan fingerprint density at radius 1 is 1.20 bits per heavy atom. The lowest BCUT2D eigenvalue weighted by Gasteiger charge is -2.07. The summed E-state index contributed by atoms with van der Waals surface area (Å²) in [5, 5.41) is 16.4. The molecule has 1 amide bonds. The van der Waals surface area contributed by atoms with Gasteiger partial charge in [-0.3, -0.25) is 19.8 Å². The topological polar surface area (TPSA) is 94.8 Å². The van der Waals surface area contributed by atoms with Crippen LogP contribution in [0.5, 0.6) is 5.19 Å². The van der Waals surface area contributed by atoms with Gasteiger partial charge < -0.3 is 4.74 Å². The summed E-state index contributed by atoms with van der Waals surface area (Å²) in [5.74, 6) is -0.309. The second-order valence-corrected chi connectivity index (χ2v) is 7.84. The number of halogens is 1. The molecule has 3 heterocycles. The number of ether oxygens (including phenoxy) is 1. The smallest absolute Gasteiger partial charge is 0.296 e. The van der Waals surface area contributed by atoms with Gasteiger partial charge >= 0.3 is 0 Å². The van der Waals surface area contributed by atoms with Crippen LogP contribution in [0.15, 0.2) is 48.9 Å². The Morgan fingerprint density at radius 2 is 2.00 bits per heavy atom. The molecule has 0 bridgehead atoms. The van der Waals surface area contributed by atoms with E-state index in [2.05, 4.69) is 25.6 Å². The molecule has 1 aromatic carbocycles. The van der Waals surface area contributed by atoms with Crippen LogP contribution in [-0.2, 0) is 13.7 Å². The second-order valence-electron chi connectivity index (χ2n) is 6.47. The molecule has 0 atom stereocenters. The van der Waals surface area contributed by atoms with Crippen molar-refractivity contribution in [2.24, 2.45) is 7.05 Å². The molecule has 0 unspecified atom stereocenters. The lowest BCUT2D eigenvalue weighted by molar-refractivity contribution is 0.102. The zero-order valence-electron chi connectivity index (χ0n) is 16.2. The first-order chi connectivity index (χ1) is 14.5. The van der Waals surface area contributed by atoms with E-state index in [1.807, 2.05) is 32.3 Å². The molecule has 0 aliphatic carbocycles. The van der Waals surface area contributed by atoms with Gasteiger partial charge in [-0.15, -0.1) is 5.10 Å². The number of pyridine rings is 1. The standard InChI is InChI=1S/C20H17ClN6O2S/c1-12-17(10-27(2)26-12)16-9-22-8-7-15(16)18(28)23-19-24-25-20(30-19)29-11-13-3-5-14(21)6-4-13/h3-10H,11H2,1-2H3,(H,23,24,28). The van der Waals surface area contributed by atoms with Crippen molar-refractivity contribution >= 4 is 34.0 Å². The van der Waals surface area contributed by atoms with E-state index in [4.69, 9.17) is 16.3 Å². The summed E-state index contributed by atoms with van der Waals surface area (Å²) < 4.78 is 7.34. The molecule has 10 heteroatoms. The highest BCUT2D eigenvalue weighted by Crippen LogP contribution is 2.28. The van der Waals surface area contributed by atoms with Crippen molar-refractivity contribution in [3.8, 4) is 16.3 Å². The first-order valence-electron chi connectivity index (χ1n) is 8.96. The molecular weight excluding hydrogens is 424 g/mol. The molecule has 1 N–H and O–H groups in total. The first-order valence-corrected chi connectivity index (χ1v) is 10.2. The highest BCUT2D eigenvalue weighted by Gasteiger charge is 2.18. The maximum Gasteiger partial charge on any atom is 0.296 e. The maximum atomic E-state index is 12.9. The van der Waals surface area contributed by atoms with Gasteiger partial charge in [0.25, 0.3) is 11.1 Å². The monoisotopic (exact) mass is 440 g/mol. The van der Waals surface area contributed by atoms with Crippen molar-refractivity contribution in [1.82, 2.24) is 25.0 Å². The Morgan fingerprint density at radius 3 is 2.73 bits per heavy atom. The van der Waals surface area contributed by atoms with Gasteiger partial charge in [0.1, 0.15) is 6.61 Å². The molecule has 30 heavy (non-hydrogen) atoms. The fourth-order valence-corrected chi connectivity index (χ4v) is 3.60. The Labute approximate surface area is 181 Å². The van der Waals surface area contributed by atoms with Gasteiger partial charge in [-0.05, 0) is 42.0 Å². The van der Waals surface area contributed by atoms with Crippen molar-refractivity contribution in [2.75, 3.05) is 5.32 Å². The Balaban J connectivity index is 1.46. The van der Waals surface area contributed by atoms with Crippen LogP contribution in [0, 0.1) is 6.92 Å². The van der Waals surface area contributed by atoms with Gasteiger partial charge in [-0.25, -0.2) is 0 Å². The predicted octanol–water partition coefficient (Wildman–Crippen LogP) is 4.13. The van der Waals surface area contributed by atoms with E-state index in [0.29, 0.717) is 33.1 Å². The van der Waals surface area contributed by atoms with Gasteiger partial charge in [0.15, 0.2) is 0 Å². The number of rotatable bonds is 6. The fraction of sp³-hybridized carbons (Fsp3) is 0.150. The van der Waals surface area contributed by atoms with E-state index in [-0.39, 0.29) is 5.91 Å². The molecule has 0 aliphatic heterocycles. The Kier molecular flexibility index (Phi) is 5.73. The van der Waals surface area contributed by atoms with Crippen LogP contribution in [-0.4, -0.2) is 30.9 Å². The number of hydrogen-bond donors (Lipinski definition) is 1. The molecule has 8 nitrogen and oxygen atoms in total. The Hall–Kier alpha value is -3.30. The molecule has 0 saturated carbocycles. The molecule has 0 radical (unpaired) electrons. The number of aryl methyl sites for hydroxylation is 2. The summed E-state index contributed by atoms with van der Waals surface area (Å²) in [6, 6.07) is 9.00. The van der Waals surface area contributed by atoms with E-state index >= 15 is 0 Å². The van der Waals surface area contributed by atoms with Gasteiger partial charge in [0, 0.05) is 41.8 Å². The van der Waals surface area contributed by atoms with E-state index in [1.54, 1.807) is 35.3 Å². The van der Waals surface area contributed by atoms with E-state index in [9.17, 15) is 4.79 Å². The van der Waals surface area contributed by atoms with Crippen molar-refractivity contribution in [3.63, 3.8) is 0 Å². The lowest BCUT2D eigenvalue weighted by Crippen LogP contribution is -2.13. The number of carbonyl (C=O) groups is 1. The van der Waals surface area contributed by atoms with E-state index in [1.165, 1.54) is 0 Å². The summed E-state index contributed by atoms with van der Waals surface area (Å²) in [5.41, 5.74) is 3.78. The lowest BCUT2D eigenvalue weighted by atomic mass is 10.0. The molecule has 0 fully saturated rings. The van der Waals surface area contributed by atoms with Crippen molar-refractivity contribution < 1.29 is 9.53 Å². The number of aromatic nitrogens is 5. The summed E-state index contributed by atoms with van der Waals surface area (Å²) in [6.45, 7) is 2.22. The van der Waals surface area contributed by atoms with Gasteiger partial charge in [0.2, 0.25) is 5.13 Å². The van der Waals surface area contributed by atoms with E-state index in [0.717, 1.165) is 28.2 Å². The fourth-order valence-electron chi connectivity index (χ4n) is 2.88. The minimum atomic E-state index is -0.309. The zero-order valence-corrected chi connectivity index (χ0v) is 17.7. The van der Waals surface area contributed by atoms with Gasteiger partial charge in [-0.2, -0.15) is 5.10 Å². The second kappa shape index (κ2) is 8.60. The van der Waals surface area contributed by atoms with Crippen LogP contribution >= 0.6 is 22.9 Å². The minimum absolute atomic E-state index is 0.309. The summed E-state index contributed by atoms with van der Waals surface area (Å²) in [4.78, 5) is 17.0. The summed E-state index contributed by atoms with van der Waals surface area (Å²) in [6.07, 6.45) is 5.08. The van der Waals surface area contributed by atoms with Crippen molar-refractivity contribution in [3.05, 3.63) is 70.8 Å². The number of hydrogen-bond acceptors (Lipinski definition) is 7. The summed E-state index contributed by atoms with van der Waals surface area (Å²) >= 11 is 7.03. The third kappa shape index (κ3) is 4.47. The van der Waals surface area contributed by atoms with Gasteiger partial charge in [0.05, 0.1) is 11.3 Å². The van der Waals surface area contributed by atoms with Gasteiger partial charge in [-0.1, -0.05) is 28.8 Å². The number of nitrogens with one attached hydrogen (secondary N) is 1. The average molecular weight is 441 g/mol. The third-order valence-corrected chi connectivity index (χ3v) is 5.27. The molecule has 0 spiro atoms. The van der Waals surface area contributed by atoms with Crippen LogP contribution in [0.1, 0.15) is 21.6 Å². The third-order valence-electron chi connectivity index (χ3n) is 4.27.